The normalized spacial score (nSPS) is 22.0. The molecule has 1 aliphatic heterocycles. The Morgan fingerprint density at radius 1 is 1.14 bits per heavy atom. The maximum Gasteiger partial charge on any atom is 0.253 e. The number of sulfonamides is 1. The zero-order valence-corrected chi connectivity index (χ0v) is 18.6. The molecule has 1 fully saturated rings. The average Bonchev–Trinajstić information content (AvgIpc) is 2.61. The molecule has 2 rings (SSSR count). The van der Waals surface area contributed by atoms with E-state index in [1.165, 1.54) is 18.6 Å². The fraction of sp³-hybridized carbons (Fsp3) is 0.667. The highest BCUT2D eigenvalue weighted by Gasteiger charge is 2.25. The molecule has 1 N–H and O–H groups in total. The molecule has 1 aromatic rings. The summed E-state index contributed by atoms with van der Waals surface area (Å²) in [5.74, 6) is 1.20. The van der Waals surface area contributed by atoms with Crippen LogP contribution in [-0.2, 0) is 10.0 Å². The van der Waals surface area contributed by atoms with Crippen molar-refractivity contribution in [3.8, 4) is 0 Å². The summed E-state index contributed by atoms with van der Waals surface area (Å²) in [6.07, 6.45) is 1.23. The van der Waals surface area contributed by atoms with Crippen molar-refractivity contribution in [3.63, 3.8) is 0 Å². The number of likely N-dealkylation sites (tertiary alicyclic amines) is 1. The number of benzene rings is 1. The summed E-state index contributed by atoms with van der Waals surface area (Å²) in [4.78, 5) is 16.6. The maximum absolute atomic E-state index is 12.7. The number of carbonyl (C=O) groups is 1. The lowest BCUT2D eigenvalue weighted by Gasteiger charge is -2.36. The van der Waals surface area contributed by atoms with Crippen LogP contribution in [0.4, 0.5) is 0 Å². The van der Waals surface area contributed by atoms with Crippen LogP contribution in [0.15, 0.2) is 29.2 Å². The number of hydrogen-bond donors (Lipinski definition) is 1. The molecule has 3 unspecified atom stereocenters. The van der Waals surface area contributed by atoms with Gasteiger partial charge in [0, 0.05) is 44.3 Å². The van der Waals surface area contributed by atoms with Crippen LogP contribution in [0.5, 0.6) is 0 Å². The first-order valence-corrected chi connectivity index (χ1v) is 11.8. The maximum atomic E-state index is 12.7. The third kappa shape index (κ3) is 6.03. The molecule has 0 radical (unpaired) electrons. The molecule has 0 aromatic heterocycles. The SMILES string of the molecule is CCN(CC)C(=O)c1ccc(S(=O)(=O)NC(C)CN2CC(C)CC(C)C2)cc1. The van der Waals surface area contributed by atoms with E-state index in [1.54, 1.807) is 17.0 Å². The van der Waals surface area contributed by atoms with E-state index in [-0.39, 0.29) is 16.8 Å². The van der Waals surface area contributed by atoms with Crippen LogP contribution in [-0.4, -0.2) is 62.9 Å². The van der Waals surface area contributed by atoms with E-state index in [2.05, 4.69) is 23.5 Å². The lowest BCUT2D eigenvalue weighted by Crippen LogP contribution is -2.46. The molecule has 0 spiro atoms. The number of carbonyl (C=O) groups excluding carboxylic acids is 1. The third-order valence-electron chi connectivity index (χ3n) is 5.30. The quantitative estimate of drug-likeness (QED) is 0.717. The van der Waals surface area contributed by atoms with E-state index in [9.17, 15) is 13.2 Å². The van der Waals surface area contributed by atoms with Gasteiger partial charge in [0.2, 0.25) is 10.0 Å². The molecule has 0 bridgehead atoms. The van der Waals surface area contributed by atoms with E-state index in [1.807, 2.05) is 20.8 Å². The number of nitrogens with zero attached hydrogens (tertiary/aromatic N) is 2. The molecule has 3 atom stereocenters. The molecular weight excluding hydrogens is 374 g/mol. The van der Waals surface area contributed by atoms with Gasteiger partial charge in [0.15, 0.2) is 0 Å². The Labute approximate surface area is 170 Å². The van der Waals surface area contributed by atoms with Gasteiger partial charge in [0.25, 0.3) is 5.91 Å². The minimum Gasteiger partial charge on any atom is -0.339 e. The zero-order chi connectivity index (χ0) is 20.9. The Kier molecular flexibility index (Phi) is 8.04. The Morgan fingerprint density at radius 3 is 2.18 bits per heavy atom. The summed E-state index contributed by atoms with van der Waals surface area (Å²) >= 11 is 0. The van der Waals surface area contributed by atoms with E-state index in [4.69, 9.17) is 0 Å². The van der Waals surface area contributed by atoms with Crippen molar-refractivity contribution in [2.24, 2.45) is 11.8 Å². The summed E-state index contributed by atoms with van der Waals surface area (Å²) in [5.41, 5.74) is 0.506. The fourth-order valence-corrected chi connectivity index (χ4v) is 5.40. The number of nitrogens with one attached hydrogen (secondary N) is 1. The van der Waals surface area contributed by atoms with Crippen molar-refractivity contribution in [1.29, 1.82) is 0 Å². The first kappa shape index (κ1) is 22.8. The van der Waals surface area contributed by atoms with Gasteiger partial charge in [-0.2, -0.15) is 0 Å². The van der Waals surface area contributed by atoms with Gasteiger partial charge in [-0.15, -0.1) is 0 Å². The van der Waals surface area contributed by atoms with Gasteiger partial charge in [-0.25, -0.2) is 13.1 Å². The second-order valence-electron chi connectivity index (χ2n) is 8.19. The predicted octanol–water partition coefficient (Wildman–Crippen LogP) is 2.81. The number of rotatable bonds is 8. The summed E-state index contributed by atoms with van der Waals surface area (Å²) in [5, 5.41) is 0. The first-order valence-electron chi connectivity index (χ1n) is 10.3. The molecule has 28 heavy (non-hydrogen) atoms. The summed E-state index contributed by atoms with van der Waals surface area (Å²) in [7, 11) is -3.61. The van der Waals surface area contributed by atoms with E-state index < -0.39 is 10.0 Å². The minimum absolute atomic E-state index is 0.0800. The highest BCUT2D eigenvalue weighted by atomic mass is 32.2. The van der Waals surface area contributed by atoms with Crippen LogP contribution in [0.1, 0.15) is 51.4 Å². The minimum atomic E-state index is -3.61. The van der Waals surface area contributed by atoms with Crippen LogP contribution < -0.4 is 4.72 Å². The van der Waals surface area contributed by atoms with Crippen LogP contribution >= 0.6 is 0 Å². The van der Waals surface area contributed by atoms with Crippen LogP contribution in [0.2, 0.25) is 0 Å². The lowest BCUT2D eigenvalue weighted by molar-refractivity contribution is 0.0773. The molecule has 158 valence electrons. The van der Waals surface area contributed by atoms with Gasteiger partial charge in [-0.05, 0) is 63.3 Å². The molecule has 1 aromatic carbocycles. The van der Waals surface area contributed by atoms with Gasteiger partial charge in [0.1, 0.15) is 0 Å². The highest BCUT2D eigenvalue weighted by molar-refractivity contribution is 7.89. The van der Waals surface area contributed by atoms with E-state index in [0.717, 1.165) is 13.1 Å². The van der Waals surface area contributed by atoms with E-state index >= 15 is 0 Å². The number of hydrogen-bond acceptors (Lipinski definition) is 4. The van der Waals surface area contributed by atoms with Gasteiger partial charge in [0.05, 0.1) is 4.90 Å². The molecule has 7 heteroatoms. The smallest absolute Gasteiger partial charge is 0.253 e. The Balaban J connectivity index is 2.01. The summed E-state index contributed by atoms with van der Waals surface area (Å²) in [6.45, 7) is 14.2. The molecule has 1 saturated heterocycles. The molecule has 1 heterocycles. The third-order valence-corrected chi connectivity index (χ3v) is 6.90. The predicted molar refractivity (Wildman–Crippen MR) is 113 cm³/mol. The second kappa shape index (κ2) is 9.85. The lowest BCUT2D eigenvalue weighted by atomic mass is 9.92. The molecular formula is C21H35N3O3S. The van der Waals surface area contributed by atoms with Crippen LogP contribution in [0.25, 0.3) is 0 Å². The van der Waals surface area contributed by atoms with Crippen molar-refractivity contribution >= 4 is 15.9 Å². The van der Waals surface area contributed by atoms with Crippen molar-refractivity contribution in [1.82, 2.24) is 14.5 Å². The van der Waals surface area contributed by atoms with Gasteiger partial charge >= 0.3 is 0 Å². The zero-order valence-electron chi connectivity index (χ0n) is 17.8. The standard InChI is InChI=1S/C21H35N3O3S/c1-6-24(7-2)21(25)19-8-10-20(11-9-19)28(26,27)22-18(5)15-23-13-16(3)12-17(4)14-23/h8-11,16-18,22H,6-7,12-15H2,1-5H3. The Bertz CT molecular complexity index is 735. The summed E-state index contributed by atoms with van der Waals surface area (Å²) in [6, 6.07) is 6.02. The monoisotopic (exact) mass is 409 g/mol. The van der Waals surface area contributed by atoms with E-state index in [0.29, 0.717) is 37.0 Å². The second-order valence-corrected chi connectivity index (χ2v) is 9.90. The van der Waals surface area contributed by atoms with Crippen molar-refractivity contribution in [2.75, 3.05) is 32.7 Å². The molecule has 1 aliphatic rings. The largest absolute Gasteiger partial charge is 0.339 e. The first-order chi connectivity index (χ1) is 13.2. The van der Waals surface area contributed by atoms with Crippen molar-refractivity contribution < 1.29 is 13.2 Å². The fourth-order valence-electron chi connectivity index (χ4n) is 4.17. The Morgan fingerprint density at radius 2 is 1.68 bits per heavy atom. The summed E-state index contributed by atoms with van der Waals surface area (Å²) < 4.78 is 28.2. The molecule has 6 nitrogen and oxygen atoms in total. The van der Waals surface area contributed by atoms with Gasteiger partial charge < -0.3 is 9.80 Å². The van der Waals surface area contributed by atoms with Crippen LogP contribution in [0, 0.1) is 11.8 Å². The van der Waals surface area contributed by atoms with Crippen molar-refractivity contribution in [3.05, 3.63) is 29.8 Å². The molecule has 1 amide bonds. The topological polar surface area (TPSA) is 69.7 Å². The average molecular weight is 410 g/mol. The van der Waals surface area contributed by atoms with Gasteiger partial charge in [-0.3, -0.25) is 4.79 Å². The highest BCUT2D eigenvalue weighted by Crippen LogP contribution is 2.21. The van der Waals surface area contributed by atoms with Gasteiger partial charge in [-0.1, -0.05) is 13.8 Å². The number of amides is 1. The Hall–Kier alpha value is -1.44. The molecule has 0 saturated carbocycles. The van der Waals surface area contributed by atoms with Crippen LogP contribution in [0.3, 0.4) is 0 Å². The van der Waals surface area contributed by atoms with Crippen molar-refractivity contribution in [2.45, 2.75) is 52.0 Å². The molecule has 0 aliphatic carbocycles. The number of piperidine rings is 1.